The third kappa shape index (κ3) is 3.89. The van der Waals surface area contributed by atoms with Crippen LogP contribution in [0, 0.1) is 6.92 Å². The van der Waals surface area contributed by atoms with Crippen LogP contribution in [0.2, 0.25) is 0 Å². The average Bonchev–Trinajstić information content (AvgIpc) is 3.50. The topological polar surface area (TPSA) is 50.5 Å². The zero-order valence-corrected chi connectivity index (χ0v) is 17.8. The standard InChI is InChI=1S/C25H31N3O2/c1-18-26-24-11-10-21(14-25(24)28(18)16-23-5-3-13-30-23)20-8-6-19(7-9-20)15-27-12-2-4-22(27)17-29/h6-11,14,22-23,29H,2-5,12-13,15-17H2,1H3/t22-,23-/m0/s1. The minimum atomic E-state index is 0.261. The Morgan fingerprint density at radius 2 is 1.90 bits per heavy atom. The van der Waals surface area contributed by atoms with Crippen LogP contribution < -0.4 is 0 Å². The summed E-state index contributed by atoms with van der Waals surface area (Å²) in [6.45, 7) is 6.10. The predicted octanol–water partition coefficient (Wildman–Crippen LogP) is 4.15. The molecule has 5 rings (SSSR count). The van der Waals surface area contributed by atoms with Crippen molar-refractivity contribution in [2.75, 3.05) is 19.8 Å². The van der Waals surface area contributed by atoms with Gasteiger partial charge in [-0.25, -0.2) is 4.98 Å². The summed E-state index contributed by atoms with van der Waals surface area (Å²) >= 11 is 0. The zero-order valence-electron chi connectivity index (χ0n) is 17.8. The largest absolute Gasteiger partial charge is 0.395 e. The molecule has 2 fully saturated rings. The van der Waals surface area contributed by atoms with Gasteiger partial charge in [0.2, 0.25) is 0 Å². The zero-order chi connectivity index (χ0) is 20.5. The molecule has 0 spiro atoms. The molecule has 3 aromatic rings. The number of imidazole rings is 1. The van der Waals surface area contributed by atoms with E-state index in [1.807, 2.05) is 0 Å². The van der Waals surface area contributed by atoms with Gasteiger partial charge in [-0.05, 0) is 68.0 Å². The van der Waals surface area contributed by atoms with Crippen molar-refractivity contribution in [1.82, 2.24) is 14.5 Å². The summed E-state index contributed by atoms with van der Waals surface area (Å²) in [4.78, 5) is 7.15. The molecule has 30 heavy (non-hydrogen) atoms. The lowest BCUT2D eigenvalue weighted by Gasteiger charge is -2.22. The first-order valence-corrected chi connectivity index (χ1v) is 11.2. The monoisotopic (exact) mass is 405 g/mol. The molecule has 3 heterocycles. The number of aryl methyl sites for hydroxylation is 1. The van der Waals surface area contributed by atoms with E-state index in [0.717, 1.165) is 56.8 Å². The number of aromatic nitrogens is 2. The molecule has 2 atom stereocenters. The van der Waals surface area contributed by atoms with Crippen LogP contribution >= 0.6 is 0 Å². The first kappa shape index (κ1) is 19.7. The Balaban J connectivity index is 1.37. The van der Waals surface area contributed by atoms with Gasteiger partial charge in [-0.1, -0.05) is 30.3 Å². The van der Waals surface area contributed by atoms with Gasteiger partial charge in [0.05, 0.1) is 30.3 Å². The highest BCUT2D eigenvalue weighted by Gasteiger charge is 2.23. The van der Waals surface area contributed by atoms with E-state index in [0.29, 0.717) is 12.1 Å². The predicted molar refractivity (Wildman–Crippen MR) is 119 cm³/mol. The fourth-order valence-corrected chi connectivity index (χ4v) is 4.99. The van der Waals surface area contributed by atoms with Crippen molar-refractivity contribution in [1.29, 1.82) is 0 Å². The van der Waals surface area contributed by atoms with Crippen LogP contribution in [0.1, 0.15) is 37.1 Å². The second-order valence-corrected chi connectivity index (χ2v) is 8.75. The molecule has 0 radical (unpaired) electrons. The van der Waals surface area contributed by atoms with Gasteiger partial charge < -0.3 is 14.4 Å². The second kappa shape index (κ2) is 8.50. The van der Waals surface area contributed by atoms with Crippen molar-refractivity contribution < 1.29 is 9.84 Å². The third-order valence-corrected chi connectivity index (χ3v) is 6.73. The smallest absolute Gasteiger partial charge is 0.106 e. The van der Waals surface area contributed by atoms with E-state index < -0.39 is 0 Å². The average molecular weight is 406 g/mol. The number of aliphatic hydroxyl groups is 1. The lowest BCUT2D eigenvalue weighted by molar-refractivity contribution is 0.0974. The number of benzene rings is 2. The number of aliphatic hydroxyl groups excluding tert-OH is 1. The molecule has 2 saturated heterocycles. The highest BCUT2D eigenvalue weighted by Crippen LogP contribution is 2.27. The molecule has 5 heteroatoms. The maximum absolute atomic E-state index is 9.55. The summed E-state index contributed by atoms with van der Waals surface area (Å²) in [7, 11) is 0. The van der Waals surface area contributed by atoms with Gasteiger partial charge in [-0.2, -0.15) is 0 Å². The maximum Gasteiger partial charge on any atom is 0.106 e. The van der Waals surface area contributed by atoms with Crippen molar-refractivity contribution in [3.8, 4) is 11.1 Å². The molecule has 2 aliphatic heterocycles. The van der Waals surface area contributed by atoms with Gasteiger partial charge in [0.25, 0.3) is 0 Å². The number of nitrogens with zero attached hydrogens (tertiary/aromatic N) is 3. The van der Waals surface area contributed by atoms with Gasteiger partial charge in [-0.3, -0.25) is 4.90 Å². The molecule has 2 aromatic carbocycles. The minimum absolute atomic E-state index is 0.261. The van der Waals surface area contributed by atoms with Gasteiger partial charge in [0.1, 0.15) is 5.82 Å². The summed E-state index contributed by atoms with van der Waals surface area (Å²) in [6.07, 6.45) is 4.88. The lowest BCUT2D eigenvalue weighted by atomic mass is 10.0. The normalized spacial score (nSPS) is 22.3. The van der Waals surface area contributed by atoms with Crippen LogP contribution in [0.15, 0.2) is 42.5 Å². The minimum Gasteiger partial charge on any atom is -0.395 e. The van der Waals surface area contributed by atoms with Gasteiger partial charge in [0.15, 0.2) is 0 Å². The number of hydrogen-bond donors (Lipinski definition) is 1. The van der Waals surface area contributed by atoms with Crippen molar-refractivity contribution in [2.45, 2.75) is 57.8 Å². The molecule has 158 valence electrons. The molecule has 5 nitrogen and oxygen atoms in total. The molecule has 1 N–H and O–H groups in total. The molecule has 0 aliphatic carbocycles. The van der Waals surface area contributed by atoms with E-state index in [-0.39, 0.29) is 6.61 Å². The highest BCUT2D eigenvalue weighted by atomic mass is 16.5. The van der Waals surface area contributed by atoms with Crippen LogP contribution in [0.3, 0.4) is 0 Å². The van der Waals surface area contributed by atoms with Crippen molar-refractivity contribution in [3.63, 3.8) is 0 Å². The highest BCUT2D eigenvalue weighted by molar-refractivity contribution is 5.82. The van der Waals surface area contributed by atoms with Crippen LogP contribution in [-0.2, 0) is 17.8 Å². The van der Waals surface area contributed by atoms with E-state index in [1.54, 1.807) is 0 Å². The lowest BCUT2D eigenvalue weighted by Crippen LogP contribution is -2.31. The molecular formula is C25H31N3O2. The third-order valence-electron chi connectivity index (χ3n) is 6.73. The summed E-state index contributed by atoms with van der Waals surface area (Å²) < 4.78 is 8.17. The van der Waals surface area contributed by atoms with E-state index in [9.17, 15) is 5.11 Å². The van der Waals surface area contributed by atoms with Crippen LogP contribution in [0.5, 0.6) is 0 Å². The van der Waals surface area contributed by atoms with Crippen LogP contribution in [0.25, 0.3) is 22.2 Å². The molecule has 0 unspecified atom stereocenters. The summed E-state index contributed by atoms with van der Waals surface area (Å²) in [5.74, 6) is 1.05. The quantitative estimate of drug-likeness (QED) is 0.669. The summed E-state index contributed by atoms with van der Waals surface area (Å²) in [5, 5.41) is 9.55. The second-order valence-electron chi connectivity index (χ2n) is 8.75. The number of ether oxygens (including phenoxy) is 1. The molecule has 2 aliphatic rings. The first-order chi connectivity index (χ1) is 14.7. The van der Waals surface area contributed by atoms with E-state index in [2.05, 4.69) is 58.9 Å². The van der Waals surface area contributed by atoms with E-state index in [1.165, 1.54) is 28.6 Å². The summed E-state index contributed by atoms with van der Waals surface area (Å²) in [6, 6.07) is 15.8. The molecule has 0 saturated carbocycles. The fourth-order valence-electron chi connectivity index (χ4n) is 4.99. The molecule has 0 bridgehead atoms. The molecular weight excluding hydrogens is 374 g/mol. The Labute approximate surface area is 178 Å². The Bertz CT molecular complexity index is 1010. The number of hydrogen-bond acceptors (Lipinski definition) is 4. The Kier molecular flexibility index (Phi) is 5.59. The van der Waals surface area contributed by atoms with E-state index in [4.69, 9.17) is 9.72 Å². The maximum atomic E-state index is 9.55. The first-order valence-electron chi connectivity index (χ1n) is 11.2. The van der Waals surface area contributed by atoms with Crippen LogP contribution in [-0.4, -0.2) is 51.5 Å². The van der Waals surface area contributed by atoms with Crippen molar-refractivity contribution in [3.05, 3.63) is 53.9 Å². The Morgan fingerprint density at radius 3 is 2.67 bits per heavy atom. The Morgan fingerprint density at radius 1 is 1.07 bits per heavy atom. The number of fused-ring (bicyclic) bond motifs is 1. The SMILES string of the molecule is Cc1nc2ccc(-c3ccc(CN4CCC[C@H]4CO)cc3)cc2n1C[C@@H]1CCCO1. The molecule has 0 amide bonds. The summed E-state index contributed by atoms with van der Waals surface area (Å²) in [5.41, 5.74) is 5.99. The van der Waals surface area contributed by atoms with Gasteiger partial charge in [0, 0.05) is 19.2 Å². The number of rotatable bonds is 6. The number of likely N-dealkylation sites (tertiary alicyclic amines) is 1. The van der Waals surface area contributed by atoms with Crippen molar-refractivity contribution in [2.24, 2.45) is 0 Å². The van der Waals surface area contributed by atoms with Crippen LogP contribution in [0.4, 0.5) is 0 Å². The molecule has 1 aromatic heterocycles. The Hall–Kier alpha value is -2.21. The van der Waals surface area contributed by atoms with Gasteiger partial charge in [-0.15, -0.1) is 0 Å². The van der Waals surface area contributed by atoms with Crippen molar-refractivity contribution >= 4 is 11.0 Å². The van der Waals surface area contributed by atoms with Gasteiger partial charge >= 0.3 is 0 Å². The fraction of sp³-hybridized carbons (Fsp3) is 0.480. The van der Waals surface area contributed by atoms with E-state index >= 15 is 0 Å².